The number of hydrogen-bond acceptors (Lipinski definition) is 3. The fourth-order valence-electron chi connectivity index (χ4n) is 1.13. The second-order valence-electron chi connectivity index (χ2n) is 2.98. The lowest BCUT2D eigenvalue weighted by Crippen LogP contribution is -2.26. The van der Waals surface area contributed by atoms with E-state index in [0.717, 1.165) is 0 Å². The van der Waals surface area contributed by atoms with Crippen molar-refractivity contribution in [3.05, 3.63) is 28.3 Å². The van der Waals surface area contributed by atoms with Gasteiger partial charge in [0, 0.05) is 11.9 Å². The second kappa shape index (κ2) is 5.73. The van der Waals surface area contributed by atoms with Crippen molar-refractivity contribution in [3.8, 4) is 6.07 Å². The molecule has 0 spiro atoms. The van der Waals surface area contributed by atoms with Crippen molar-refractivity contribution in [2.75, 3.05) is 17.6 Å². The molecule has 3 N–H and O–H groups in total. The maximum Gasteiger partial charge on any atom is 0.253 e. The normalized spacial score (nSPS) is 9.56. The van der Waals surface area contributed by atoms with E-state index in [4.69, 9.17) is 22.6 Å². The molecule has 0 fully saturated rings. The fourth-order valence-corrected chi connectivity index (χ4v) is 1.54. The highest BCUT2D eigenvalue weighted by Crippen LogP contribution is 2.24. The molecule has 0 saturated heterocycles. The van der Waals surface area contributed by atoms with Gasteiger partial charge < -0.3 is 11.1 Å². The summed E-state index contributed by atoms with van der Waals surface area (Å²) in [6.07, 6.45) is 0. The average Bonchev–Trinajstić information content (AvgIpc) is 2.29. The molecular formula is C10H9BrClN3O. The van der Waals surface area contributed by atoms with E-state index >= 15 is 0 Å². The summed E-state index contributed by atoms with van der Waals surface area (Å²) in [5, 5.41) is 12.2. The third-order valence-corrected chi connectivity index (χ3v) is 2.59. The molecule has 0 aliphatic rings. The van der Waals surface area contributed by atoms with Gasteiger partial charge in [0.15, 0.2) is 0 Å². The first kappa shape index (κ1) is 12.8. The van der Waals surface area contributed by atoms with E-state index in [1.165, 1.54) is 12.1 Å². The van der Waals surface area contributed by atoms with Crippen LogP contribution in [0.5, 0.6) is 0 Å². The predicted octanol–water partition coefficient (Wildman–Crippen LogP) is 1.92. The zero-order valence-corrected chi connectivity index (χ0v) is 10.6. The van der Waals surface area contributed by atoms with E-state index in [0.29, 0.717) is 17.4 Å². The van der Waals surface area contributed by atoms with Gasteiger partial charge in [-0.3, -0.25) is 4.79 Å². The summed E-state index contributed by atoms with van der Waals surface area (Å²) >= 11 is 9.00. The highest BCUT2D eigenvalue weighted by molar-refractivity contribution is 9.09. The van der Waals surface area contributed by atoms with Crippen molar-refractivity contribution in [1.29, 1.82) is 5.26 Å². The summed E-state index contributed by atoms with van der Waals surface area (Å²) in [7, 11) is 0. The molecule has 0 heterocycles. The molecule has 84 valence electrons. The monoisotopic (exact) mass is 301 g/mol. The Morgan fingerprint density at radius 2 is 2.31 bits per heavy atom. The molecule has 0 aliphatic heterocycles. The fraction of sp³-hybridized carbons (Fsp3) is 0.200. The Hall–Kier alpha value is -1.25. The van der Waals surface area contributed by atoms with Crippen LogP contribution in [0.3, 0.4) is 0 Å². The van der Waals surface area contributed by atoms with Crippen LogP contribution in [0.4, 0.5) is 5.69 Å². The number of rotatable bonds is 3. The first-order valence-corrected chi connectivity index (χ1v) is 5.93. The molecule has 1 rings (SSSR count). The third-order valence-electron chi connectivity index (χ3n) is 1.88. The predicted molar refractivity (Wildman–Crippen MR) is 66.7 cm³/mol. The summed E-state index contributed by atoms with van der Waals surface area (Å²) in [5.74, 6) is -0.337. The zero-order chi connectivity index (χ0) is 12.1. The number of nitrogens with two attached hydrogens (primary N) is 1. The Morgan fingerprint density at radius 1 is 1.62 bits per heavy atom. The number of nitrogen functional groups attached to an aromatic ring is 1. The number of carbonyl (C=O) groups is 1. The first-order chi connectivity index (χ1) is 7.60. The SMILES string of the molecule is N#Cc1cc(Cl)c(N)c(C(=O)NCCBr)c1. The number of hydrogen-bond donors (Lipinski definition) is 2. The minimum atomic E-state index is -0.337. The van der Waals surface area contributed by atoms with E-state index in [-0.39, 0.29) is 22.2 Å². The van der Waals surface area contributed by atoms with Crippen LogP contribution in [0, 0.1) is 11.3 Å². The second-order valence-corrected chi connectivity index (χ2v) is 4.18. The van der Waals surface area contributed by atoms with Crippen molar-refractivity contribution in [2.45, 2.75) is 0 Å². The Morgan fingerprint density at radius 3 is 2.88 bits per heavy atom. The van der Waals surface area contributed by atoms with Gasteiger partial charge in [-0.25, -0.2) is 0 Å². The lowest BCUT2D eigenvalue weighted by Gasteiger charge is -2.08. The lowest BCUT2D eigenvalue weighted by atomic mass is 10.1. The Kier molecular flexibility index (Phi) is 4.59. The van der Waals surface area contributed by atoms with E-state index in [1.54, 1.807) is 0 Å². The number of amides is 1. The van der Waals surface area contributed by atoms with Crippen molar-refractivity contribution < 1.29 is 4.79 Å². The van der Waals surface area contributed by atoms with E-state index in [9.17, 15) is 4.79 Å². The standard InChI is InChI=1S/C10H9BrClN3O/c11-1-2-15-10(16)7-3-6(5-13)4-8(12)9(7)14/h3-4H,1-2,14H2,(H,15,16). The van der Waals surface area contributed by atoms with E-state index < -0.39 is 0 Å². The number of carbonyl (C=O) groups excluding carboxylic acids is 1. The maximum absolute atomic E-state index is 11.7. The molecule has 0 unspecified atom stereocenters. The molecule has 1 amide bonds. The molecule has 0 radical (unpaired) electrons. The molecule has 6 heteroatoms. The van der Waals surface area contributed by atoms with Crippen LogP contribution in [0.2, 0.25) is 5.02 Å². The van der Waals surface area contributed by atoms with Crippen molar-refractivity contribution in [1.82, 2.24) is 5.32 Å². The summed E-state index contributed by atoms with van der Waals surface area (Å²) in [4.78, 5) is 11.7. The highest BCUT2D eigenvalue weighted by Gasteiger charge is 2.13. The number of anilines is 1. The number of alkyl halides is 1. The van der Waals surface area contributed by atoms with Crippen LogP contribution in [0.1, 0.15) is 15.9 Å². The minimum Gasteiger partial charge on any atom is -0.397 e. The smallest absolute Gasteiger partial charge is 0.253 e. The van der Waals surface area contributed by atoms with Crippen molar-refractivity contribution >= 4 is 39.1 Å². The van der Waals surface area contributed by atoms with E-state index in [2.05, 4.69) is 21.2 Å². The number of halogens is 2. The zero-order valence-electron chi connectivity index (χ0n) is 8.26. The number of benzene rings is 1. The van der Waals surface area contributed by atoms with Gasteiger partial charge in [-0.05, 0) is 12.1 Å². The molecule has 0 bridgehead atoms. The summed E-state index contributed by atoms with van der Waals surface area (Å²) in [6, 6.07) is 4.77. The number of nitriles is 1. The largest absolute Gasteiger partial charge is 0.397 e. The minimum absolute atomic E-state index is 0.188. The summed E-state index contributed by atoms with van der Waals surface area (Å²) < 4.78 is 0. The van der Waals surface area contributed by atoms with Crippen LogP contribution in [0.15, 0.2) is 12.1 Å². The van der Waals surface area contributed by atoms with E-state index in [1.807, 2.05) is 6.07 Å². The summed E-state index contributed by atoms with van der Waals surface area (Å²) in [5.41, 5.74) is 6.39. The van der Waals surface area contributed by atoms with Crippen LogP contribution in [0.25, 0.3) is 0 Å². The van der Waals surface area contributed by atoms with Gasteiger partial charge in [0.1, 0.15) is 0 Å². The molecule has 0 atom stereocenters. The van der Waals surface area contributed by atoms with Gasteiger partial charge in [0.25, 0.3) is 5.91 Å². The van der Waals surface area contributed by atoms with Gasteiger partial charge in [-0.15, -0.1) is 0 Å². The van der Waals surface area contributed by atoms with Gasteiger partial charge in [-0.2, -0.15) is 5.26 Å². The molecule has 16 heavy (non-hydrogen) atoms. The molecule has 1 aromatic rings. The van der Waals surface area contributed by atoms with Crippen LogP contribution < -0.4 is 11.1 Å². The molecule has 1 aromatic carbocycles. The highest BCUT2D eigenvalue weighted by atomic mass is 79.9. The lowest BCUT2D eigenvalue weighted by molar-refractivity contribution is 0.0957. The van der Waals surface area contributed by atoms with Crippen LogP contribution >= 0.6 is 27.5 Å². The van der Waals surface area contributed by atoms with Crippen LogP contribution in [-0.2, 0) is 0 Å². The molecule has 0 aliphatic carbocycles. The first-order valence-electron chi connectivity index (χ1n) is 4.43. The van der Waals surface area contributed by atoms with Gasteiger partial charge in [0.2, 0.25) is 0 Å². The van der Waals surface area contributed by atoms with Gasteiger partial charge >= 0.3 is 0 Å². The third kappa shape index (κ3) is 2.87. The van der Waals surface area contributed by atoms with Crippen molar-refractivity contribution in [3.63, 3.8) is 0 Å². The maximum atomic E-state index is 11.7. The molecule has 4 nitrogen and oxygen atoms in total. The van der Waals surface area contributed by atoms with Crippen LogP contribution in [-0.4, -0.2) is 17.8 Å². The topological polar surface area (TPSA) is 78.9 Å². The molecular weight excluding hydrogens is 293 g/mol. The Labute approximate surface area is 107 Å². The number of nitrogens with one attached hydrogen (secondary N) is 1. The summed E-state index contributed by atoms with van der Waals surface area (Å²) in [6.45, 7) is 0.479. The van der Waals surface area contributed by atoms with Crippen molar-refractivity contribution in [2.24, 2.45) is 0 Å². The Balaban J connectivity index is 3.08. The molecule has 0 saturated carbocycles. The number of nitrogens with zero attached hydrogens (tertiary/aromatic N) is 1. The Bertz CT molecular complexity index is 456. The quantitative estimate of drug-likeness (QED) is 0.661. The van der Waals surface area contributed by atoms with Gasteiger partial charge in [0.05, 0.1) is 27.9 Å². The average molecular weight is 303 g/mol. The van der Waals surface area contributed by atoms with Gasteiger partial charge in [-0.1, -0.05) is 27.5 Å². The molecule has 0 aromatic heterocycles.